The zero-order valence-electron chi connectivity index (χ0n) is 12.8. The van der Waals surface area contributed by atoms with Crippen molar-refractivity contribution in [3.63, 3.8) is 0 Å². The number of hydrogen-bond donors (Lipinski definition) is 2. The average Bonchev–Trinajstić information content (AvgIpc) is 2.55. The molecule has 2 amide bonds. The number of carbonyl (C=O) groups excluding carboxylic acids is 1. The molecule has 1 saturated heterocycles. The monoisotopic (exact) mass is 322 g/mol. The van der Waals surface area contributed by atoms with Gasteiger partial charge in [-0.25, -0.2) is 4.79 Å². The first-order valence-corrected chi connectivity index (χ1v) is 8.00. The molecular formula is C17H23ClN2O2. The van der Waals surface area contributed by atoms with Gasteiger partial charge in [-0.15, -0.1) is 6.58 Å². The Morgan fingerprint density at radius 3 is 2.55 bits per heavy atom. The van der Waals surface area contributed by atoms with E-state index in [4.69, 9.17) is 11.6 Å². The van der Waals surface area contributed by atoms with Crippen LogP contribution in [-0.2, 0) is 0 Å². The van der Waals surface area contributed by atoms with Crippen LogP contribution in [0.15, 0.2) is 36.9 Å². The van der Waals surface area contributed by atoms with Gasteiger partial charge in [-0.05, 0) is 43.4 Å². The first-order valence-electron chi connectivity index (χ1n) is 7.62. The highest BCUT2D eigenvalue weighted by atomic mass is 35.5. The van der Waals surface area contributed by atoms with E-state index in [9.17, 15) is 9.90 Å². The Morgan fingerprint density at radius 2 is 2.00 bits per heavy atom. The van der Waals surface area contributed by atoms with Crippen LogP contribution in [0.3, 0.4) is 0 Å². The maximum absolute atomic E-state index is 12.0. The van der Waals surface area contributed by atoms with Gasteiger partial charge in [0.05, 0.1) is 6.10 Å². The molecule has 1 aliphatic rings. The van der Waals surface area contributed by atoms with E-state index in [1.807, 2.05) is 19.1 Å². The third-order valence-electron chi connectivity index (χ3n) is 4.19. The number of benzene rings is 1. The molecule has 0 spiro atoms. The van der Waals surface area contributed by atoms with E-state index >= 15 is 0 Å². The van der Waals surface area contributed by atoms with Crippen molar-refractivity contribution >= 4 is 17.6 Å². The first kappa shape index (κ1) is 16.8. The molecule has 1 fully saturated rings. The largest absolute Gasteiger partial charge is 0.388 e. The van der Waals surface area contributed by atoms with Crippen LogP contribution >= 0.6 is 11.6 Å². The van der Waals surface area contributed by atoms with Crippen LogP contribution in [0, 0.1) is 5.92 Å². The molecule has 1 aromatic carbocycles. The van der Waals surface area contributed by atoms with Crippen molar-refractivity contribution in [2.24, 2.45) is 5.92 Å². The Hall–Kier alpha value is -1.52. The number of likely N-dealkylation sites (tertiary alicyclic amines) is 1. The molecule has 0 radical (unpaired) electrons. The molecule has 0 bridgehead atoms. The van der Waals surface area contributed by atoms with Crippen LogP contribution < -0.4 is 5.32 Å². The van der Waals surface area contributed by atoms with Gasteiger partial charge < -0.3 is 15.3 Å². The molecule has 0 aromatic heterocycles. The Bertz CT molecular complexity index is 510. The Morgan fingerprint density at radius 1 is 1.41 bits per heavy atom. The number of halogens is 1. The number of amides is 2. The first-order chi connectivity index (χ1) is 10.5. The van der Waals surface area contributed by atoms with E-state index in [0.29, 0.717) is 18.1 Å². The summed E-state index contributed by atoms with van der Waals surface area (Å²) in [5.41, 5.74) is 0.882. The lowest BCUT2D eigenvalue weighted by Gasteiger charge is -2.34. The van der Waals surface area contributed by atoms with Crippen LogP contribution in [0.2, 0.25) is 5.02 Å². The van der Waals surface area contributed by atoms with Crippen LogP contribution in [0.1, 0.15) is 31.4 Å². The van der Waals surface area contributed by atoms with Crippen molar-refractivity contribution in [3.8, 4) is 0 Å². The molecule has 0 aliphatic carbocycles. The fourth-order valence-electron chi connectivity index (χ4n) is 2.70. The fraction of sp³-hybridized carbons (Fsp3) is 0.471. The van der Waals surface area contributed by atoms with Gasteiger partial charge >= 0.3 is 6.03 Å². The minimum atomic E-state index is -0.505. The molecule has 2 rings (SSSR count). The number of piperidine rings is 1. The van der Waals surface area contributed by atoms with Gasteiger partial charge in [0.15, 0.2) is 0 Å². The lowest BCUT2D eigenvalue weighted by atomic mass is 9.87. The number of nitrogens with one attached hydrogen (secondary N) is 1. The van der Waals surface area contributed by atoms with Crippen molar-refractivity contribution in [3.05, 3.63) is 47.5 Å². The number of aliphatic hydroxyl groups excluding tert-OH is 1. The third-order valence-corrected chi connectivity index (χ3v) is 4.44. The van der Waals surface area contributed by atoms with Crippen molar-refractivity contribution in [2.45, 2.75) is 31.9 Å². The maximum Gasteiger partial charge on any atom is 0.317 e. The summed E-state index contributed by atoms with van der Waals surface area (Å²) < 4.78 is 0. The highest BCUT2D eigenvalue weighted by Gasteiger charge is 2.28. The molecule has 22 heavy (non-hydrogen) atoms. The van der Waals surface area contributed by atoms with Gasteiger partial charge in [-0.1, -0.05) is 29.8 Å². The highest BCUT2D eigenvalue weighted by Crippen LogP contribution is 2.31. The predicted octanol–water partition coefficient (Wildman–Crippen LogP) is 3.37. The van der Waals surface area contributed by atoms with Crippen molar-refractivity contribution in [2.75, 3.05) is 13.1 Å². The summed E-state index contributed by atoms with van der Waals surface area (Å²) in [5.74, 6) is 0.169. The number of carbonyl (C=O) groups is 1. The molecule has 2 atom stereocenters. The van der Waals surface area contributed by atoms with E-state index in [2.05, 4.69) is 11.9 Å². The number of rotatable bonds is 4. The topological polar surface area (TPSA) is 52.6 Å². The van der Waals surface area contributed by atoms with Gasteiger partial charge in [0.2, 0.25) is 0 Å². The van der Waals surface area contributed by atoms with Gasteiger partial charge in [-0.2, -0.15) is 0 Å². The Balaban J connectivity index is 1.87. The van der Waals surface area contributed by atoms with E-state index in [1.165, 1.54) is 0 Å². The predicted molar refractivity (Wildman–Crippen MR) is 88.9 cm³/mol. The van der Waals surface area contributed by atoms with Crippen molar-refractivity contribution in [1.29, 1.82) is 0 Å². The van der Waals surface area contributed by atoms with Gasteiger partial charge in [0.1, 0.15) is 0 Å². The zero-order chi connectivity index (χ0) is 16.1. The molecule has 1 aliphatic heterocycles. The molecule has 4 nitrogen and oxygen atoms in total. The van der Waals surface area contributed by atoms with Gasteiger partial charge in [0, 0.05) is 24.2 Å². The average molecular weight is 323 g/mol. The smallest absolute Gasteiger partial charge is 0.317 e. The molecule has 1 aromatic rings. The summed E-state index contributed by atoms with van der Waals surface area (Å²) in [6.45, 7) is 6.86. The second-order valence-electron chi connectivity index (χ2n) is 5.79. The SMILES string of the molecule is C=CC(C)NC(=O)N1CCC(C(O)c2ccc(Cl)cc2)CC1. The summed E-state index contributed by atoms with van der Waals surface area (Å²) >= 11 is 5.87. The fourth-order valence-corrected chi connectivity index (χ4v) is 2.82. The molecule has 5 heteroatoms. The Labute approximate surface area is 136 Å². The van der Waals surface area contributed by atoms with E-state index in [0.717, 1.165) is 18.4 Å². The van der Waals surface area contributed by atoms with Crippen LogP contribution in [0.4, 0.5) is 4.79 Å². The second-order valence-corrected chi connectivity index (χ2v) is 6.23. The minimum absolute atomic E-state index is 0.0371. The lowest BCUT2D eigenvalue weighted by Crippen LogP contribution is -2.47. The lowest BCUT2D eigenvalue weighted by molar-refractivity contribution is 0.0664. The number of aliphatic hydroxyl groups is 1. The van der Waals surface area contributed by atoms with E-state index < -0.39 is 6.10 Å². The van der Waals surface area contributed by atoms with E-state index in [1.54, 1.807) is 23.1 Å². The molecule has 1 heterocycles. The summed E-state index contributed by atoms with van der Waals surface area (Å²) in [6, 6.07) is 7.20. The quantitative estimate of drug-likeness (QED) is 0.835. The Kier molecular flexibility index (Phi) is 5.86. The second kappa shape index (κ2) is 7.65. The normalized spacial score (nSPS) is 18.6. The number of nitrogens with zero attached hydrogens (tertiary/aromatic N) is 1. The zero-order valence-corrected chi connectivity index (χ0v) is 13.6. The molecule has 2 unspecified atom stereocenters. The summed E-state index contributed by atoms with van der Waals surface area (Å²) in [6.07, 6.45) is 2.78. The van der Waals surface area contributed by atoms with Crippen molar-refractivity contribution < 1.29 is 9.90 Å². The van der Waals surface area contributed by atoms with Crippen LogP contribution in [0.25, 0.3) is 0 Å². The summed E-state index contributed by atoms with van der Waals surface area (Å²) in [4.78, 5) is 13.8. The maximum atomic E-state index is 12.0. The molecule has 120 valence electrons. The standard InChI is InChI=1S/C17H23ClN2O2/c1-3-12(2)19-17(22)20-10-8-14(9-11-20)16(21)13-4-6-15(18)7-5-13/h3-7,12,14,16,21H,1,8-11H2,2H3,(H,19,22). The molecular weight excluding hydrogens is 300 g/mol. The van der Waals surface area contributed by atoms with Crippen LogP contribution in [0.5, 0.6) is 0 Å². The van der Waals surface area contributed by atoms with Gasteiger partial charge in [-0.3, -0.25) is 0 Å². The third kappa shape index (κ3) is 4.24. The van der Waals surface area contributed by atoms with Crippen LogP contribution in [-0.4, -0.2) is 35.2 Å². The van der Waals surface area contributed by atoms with E-state index in [-0.39, 0.29) is 18.0 Å². The molecule has 2 N–H and O–H groups in total. The van der Waals surface area contributed by atoms with Crippen molar-refractivity contribution in [1.82, 2.24) is 10.2 Å². The number of hydrogen-bond acceptors (Lipinski definition) is 2. The highest BCUT2D eigenvalue weighted by molar-refractivity contribution is 6.30. The number of urea groups is 1. The molecule has 0 saturated carbocycles. The summed E-state index contributed by atoms with van der Waals surface area (Å²) in [7, 11) is 0. The van der Waals surface area contributed by atoms with Gasteiger partial charge in [0.25, 0.3) is 0 Å². The summed E-state index contributed by atoms with van der Waals surface area (Å²) in [5, 5.41) is 14.0. The minimum Gasteiger partial charge on any atom is -0.388 e.